The van der Waals surface area contributed by atoms with Gasteiger partial charge in [-0.1, -0.05) is 6.92 Å². The molecule has 1 aliphatic rings. The van der Waals surface area contributed by atoms with E-state index in [2.05, 4.69) is 4.98 Å². The predicted molar refractivity (Wildman–Crippen MR) is 69.5 cm³/mol. The summed E-state index contributed by atoms with van der Waals surface area (Å²) < 4.78 is 5.58. The van der Waals surface area contributed by atoms with Crippen molar-refractivity contribution in [2.75, 3.05) is 13.2 Å². The third kappa shape index (κ3) is 2.91. The first kappa shape index (κ1) is 13.5. The maximum absolute atomic E-state index is 12.4. The third-order valence-electron chi connectivity index (χ3n) is 3.31. The molecule has 19 heavy (non-hydrogen) atoms. The van der Waals surface area contributed by atoms with Gasteiger partial charge in [-0.15, -0.1) is 0 Å². The Hall–Kier alpha value is -1.93. The van der Waals surface area contributed by atoms with E-state index in [4.69, 9.17) is 10.00 Å². The Balaban J connectivity index is 2.18. The first-order valence-corrected chi connectivity index (χ1v) is 6.44. The fourth-order valence-electron chi connectivity index (χ4n) is 2.16. The van der Waals surface area contributed by atoms with Crippen molar-refractivity contribution in [3.05, 3.63) is 29.6 Å². The Morgan fingerprint density at radius 2 is 2.42 bits per heavy atom. The maximum Gasteiger partial charge on any atom is 0.272 e. The van der Waals surface area contributed by atoms with Crippen LogP contribution >= 0.6 is 0 Å². The number of morpholine rings is 1. The van der Waals surface area contributed by atoms with Gasteiger partial charge in [0.25, 0.3) is 5.91 Å². The number of carbonyl (C=O) groups is 1. The molecule has 2 rings (SSSR count). The summed E-state index contributed by atoms with van der Waals surface area (Å²) in [5.74, 6) is -0.0912. The van der Waals surface area contributed by atoms with Gasteiger partial charge in [0.05, 0.1) is 24.3 Å². The number of aromatic nitrogens is 1. The summed E-state index contributed by atoms with van der Waals surface area (Å²) >= 11 is 0. The van der Waals surface area contributed by atoms with Crippen molar-refractivity contribution in [1.82, 2.24) is 9.88 Å². The molecule has 1 aromatic rings. The van der Waals surface area contributed by atoms with Crippen LogP contribution in [-0.4, -0.2) is 41.1 Å². The van der Waals surface area contributed by atoms with Crippen LogP contribution in [0.2, 0.25) is 0 Å². The van der Waals surface area contributed by atoms with E-state index >= 15 is 0 Å². The maximum atomic E-state index is 12.4. The fraction of sp³-hybridized carbons (Fsp3) is 0.500. The van der Waals surface area contributed by atoms with Crippen LogP contribution in [0.4, 0.5) is 0 Å². The number of ether oxygens (including phenoxy) is 1. The summed E-state index contributed by atoms with van der Waals surface area (Å²) in [4.78, 5) is 18.3. The van der Waals surface area contributed by atoms with E-state index in [1.807, 2.05) is 24.8 Å². The quantitative estimate of drug-likeness (QED) is 0.809. The zero-order valence-electron chi connectivity index (χ0n) is 11.2. The summed E-state index contributed by atoms with van der Waals surface area (Å²) in [6.45, 7) is 5.15. The molecule has 2 heterocycles. The molecule has 1 saturated heterocycles. The van der Waals surface area contributed by atoms with E-state index in [0.29, 0.717) is 24.4 Å². The molecule has 0 spiro atoms. The SMILES string of the molecule is CCC1COC(C)CN1C(=O)c1ccc(C#N)cn1. The van der Waals surface area contributed by atoms with Gasteiger partial charge in [-0.3, -0.25) is 4.79 Å². The molecule has 0 aromatic carbocycles. The van der Waals surface area contributed by atoms with E-state index < -0.39 is 0 Å². The molecule has 5 nitrogen and oxygen atoms in total. The van der Waals surface area contributed by atoms with Crippen LogP contribution in [0.25, 0.3) is 0 Å². The molecule has 0 saturated carbocycles. The third-order valence-corrected chi connectivity index (χ3v) is 3.31. The molecule has 1 amide bonds. The van der Waals surface area contributed by atoms with E-state index in [1.54, 1.807) is 12.1 Å². The normalized spacial score (nSPS) is 22.9. The number of hydrogen-bond acceptors (Lipinski definition) is 4. The van der Waals surface area contributed by atoms with Gasteiger partial charge in [0.15, 0.2) is 0 Å². The average Bonchev–Trinajstić information content (AvgIpc) is 2.46. The topological polar surface area (TPSA) is 66.2 Å². The highest BCUT2D eigenvalue weighted by molar-refractivity contribution is 5.92. The standard InChI is InChI=1S/C14H17N3O2/c1-3-12-9-19-10(2)8-17(12)14(18)13-5-4-11(6-15)7-16-13/h4-5,7,10,12H,3,8-9H2,1-2H3. The molecule has 0 N–H and O–H groups in total. The number of hydrogen-bond donors (Lipinski definition) is 0. The molecule has 0 radical (unpaired) electrons. The minimum atomic E-state index is -0.0912. The Morgan fingerprint density at radius 3 is 3.00 bits per heavy atom. The Labute approximate surface area is 112 Å². The smallest absolute Gasteiger partial charge is 0.272 e. The second kappa shape index (κ2) is 5.81. The second-order valence-electron chi connectivity index (χ2n) is 4.71. The molecule has 1 aliphatic heterocycles. The summed E-state index contributed by atoms with van der Waals surface area (Å²) in [7, 11) is 0. The molecule has 100 valence electrons. The van der Waals surface area contributed by atoms with Crippen LogP contribution in [0.3, 0.4) is 0 Å². The van der Waals surface area contributed by atoms with Crippen molar-refractivity contribution in [1.29, 1.82) is 5.26 Å². The van der Waals surface area contributed by atoms with E-state index in [-0.39, 0.29) is 18.1 Å². The van der Waals surface area contributed by atoms with Crippen LogP contribution in [0.15, 0.2) is 18.3 Å². The number of nitrogens with zero attached hydrogens (tertiary/aromatic N) is 3. The molecule has 2 unspecified atom stereocenters. The van der Waals surface area contributed by atoms with Gasteiger partial charge in [0, 0.05) is 12.7 Å². The number of rotatable bonds is 2. The van der Waals surface area contributed by atoms with Crippen LogP contribution in [0.5, 0.6) is 0 Å². The number of nitriles is 1. The summed E-state index contributed by atoms with van der Waals surface area (Å²) in [5, 5.41) is 8.73. The molecule has 5 heteroatoms. The zero-order valence-corrected chi connectivity index (χ0v) is 11.2. The summed E-state index contributed by atoms with van der Waals surface area (Å²) in [6.07, 6.45) is 2.33. The first-order valence-electron chi connectivity index (χ1n) is 6.44. The van der Waals surface area contributed by atoms with E-state index in [1.165, 1.54) is 6.20 Å². The van der Waals surface area contributed by atoms with Gasteiger partial charge >= 0.3 is 0 Å². The lowest BCUT2D eigenvalue weighted by atomic mass is 10.1. The monoisotopic (exact) mass is 259 g/mol. The Morgan fingerprint density at radius 1 is 1.63 bits per heavy atom. The second-order valence-corrected chi connectivity index (χ2v) is 4.71. The van der Waals surface area contributed by atoms with Crippen molar-refractivity contribution in [3.63, 3.8) is 0 Å². The average molecular weight is 259 g/mol. The fourth-order valence-corrected chi connectivity index (χ4v) is 2.16. The highest BCUT2D eigenvalue weighted by Gasteiger charge is 2.30. The van der Waals surface area contributed by atoms with Crippen LogP contribution < -0.4 is 0 Å². The predicted octanol–water partition coefficient (Wildman–Crippen LogP) is 1.59. The van der Waals surface area contributed by atoms with Gasteiger partial charge < -0.3 is 9.64 Å². The lowest BCUT2D eigenvalue weighted by Gasteiger charge is -2.38. The highest BCUT2D eigenvalue weighted by atomic mass is 16.5. The lowest BCUT2D eigenvalue weighted by molar-refractivity contribution is -0.0445. The van der Waals surface area contributed by atoms with Gasteiger partial charge in [0.2, 0.25) is 0 Å². The number of carbonyl (C=O) groups excluding carboxylic acids is 1. The zero-order chi connectivity index (χ0) is 13.8. The largest absolute Gasteiger partial charge is 0.375 e. The Bertz CT molecular complexity index is 492. The highest BCUT2D eigenvalue weighted by Crippen LogP contribution is 2.17. The molecule has 1 aromatic heterocycles. The van der Waals surface area contributed by atoms with Gasteiger partial charge in [-0.2, -0.15) is 5.26 Å². The first-order chi connectivity index (χ1) is 9.15. The molecule has 0 bridgehead atoms. The van der Waals surface area contributed by atoms with Crippen LogP contribution in [0, 0.1) is 11.3 Å². The molecule has 0 aliphatic carbocycles. The van der Waals surface area contributed by atoms with Crippen molar-refractivity contribution >= 4 is 5.91 Å². The van der Waals surface area contributed by atoms with Gasteiger partial charge in [0.1, 0.15) is 11.8 Å². The minimum absolute atomic E-state index is 0.0464. The van der Waals surface area contributed by atoms with E-state index in [9.17, 15) is 4.79 Å². The summed E-state index contributed by atoms with van der Waals surface area (Å²) in [5.41, 5.74) is 0.838. The van der Waals surface area contributed by atoms with Crippen LogP contribution in [0.1, 0.15) is 36.3 Å². The summed E-state index contributed by atoms with van der Waals surface area (Å²) in [6, 6.07) is 5.31. The molecule has 1 fully saturated rings. The molecular weight excluding hydrogens is 242 g/mol. The van der Waals surface area contributed by atoms with Crippen molar-refractivity contribution in [2.45, 2.75) is 32.4 Å². The van der Waals surface area contributed by atoms with Gasteiger partial charge in [-0.25, -0.2) is 4.98 Å². The number of pyridine rings is 1. The minimum Gasteiger partial charge on any atom is -0.375 e. The number of amides is 1. The van der Waals surface area contributed by atoms with Crippen molar-refractivity contribution in [2.24, 2.45) is 0 Å². The van der Waals surface area contributed by atoms with E-state index in [0.717, 1.165) is 6.42 Å². The van der Waals surface area contributed by atoms with Crippen molar-refractivity contribution < 1.29 is 9.53 Å². The Kier molecular flexibility index (Phi) is 4.13. The van der Waals surface area contributed by atoms with Crippen molar-refractivity contribution in [3.8, 4) is 6.07 Å². The molecule has 2 atom stereocenters. The van der Waals surface area contributed by atoms with Crippen LogP contribution in [-0.2, 0) is 4.74 Å². The van der Waals surface area contributed by atoms with Gasteiger partial charge in [-0.05, 0) is 25.5 Å². The molecular formula is C14H17N3O2. The lowest BCUT2D eigenvalue weighted by Crippen LogP contribution is -2.51.